The van der Waals surface area contributed by atoms with Gasteiger partial charge in [0.2, 0.25) is 0 Å². The van der Waals surface area contributed by atoms with E-state index in [0.717, 1.165) is 11.3 Å². The van der Waals surface area contributed by atoms with Gasteiger partial charge in [0.05, 0.1) is 5.25 Å². The summed E-state index contributed by atoms with van der Waals surface area (Å²) in [6, 6.07) is 7.84. The van der Waals surface area contributed by atoms with E-state index in [1.165, 1.54) is 6.26 Å². The zero-order valence-electron chi connectivity index (χ0n) is 8.03. The molecule has 0 saturated carbocycles. The quantitative estimate of drug-likeness (QED) is 0.755. The van der Waals surface area contributed by atoms with Crippen LogP contribution in [0.4, 0.5) is 5.69 Å². The maximum atomic E-state index is 11.4. The fraction of sp³-hybridized carbons (Fsp3) is 0.400. The Kier molecular flexibility index (Phi) is 2.23. The maximum Gasteiger partial charge on any atom is 0.152 e. The van der Waals surface area contributed by atoms with Gasteiger partial charge in [-0.3, -0.25) is 0 Å². The average Bonchev–Trinajstić information content (AvgIpc) is 2.16. The third-order valence-electron chi connectivity index (χ3n) is 2.59. The van der Waals surface area contributed by atoms with Gasteiger partial charge in [-0.2, -0.15) is 0 Å². The van der Waals surface area contributed by atoms with Crippen LogP contribution in [0.2, 0.25) is 0 Å². The second kappa shape index (κ2) is 3.28. The first kappa shape index (κ1) is 9.52. The molecule has 0 amide bonds. The van der Waals surface area contributed by atoms with Gasteiger partial charge in [0, 0.05) is 18.5 Å². The Morgan fingerprint density at radius 1 is 1.36 bits per heavy atom. The molecule has 0 bridgehead atoms. The van der Waals surface area contributed by atoms with Crippen LogP contribution in [0.15, 0.2) is 24.3 Å². The van der Waals surface area contributed by atoms with Crippen molar-refractivity contribution in [2.75, 3.05) is 18.1 Å². The molecule has 1 aliphatic heterocycles. The summed E-state index contributed by atoms with van der Waals surface area (Å²) in [5, 5.41) is 2.86. The van der Waals surface area contributed by atoms with E-state index in [-0.39, 0.29) is 5.25 Å². The highest BCUT2D eigenvalue weighted by Gasteiger charge is 2.25. The van der Waals surface area contributed by atoms with Gasteiger partial charge in [0.15, 0.2) is 9.84 Å². The van der Waals surface area contributed by atoms with E-state index >= 15 is 0 Å². The predicted molar refractivity (Wildman–Crippen MR) is 57.3 cm³/mol. The number of anilines is 1. The van der Waals surface area contributed by atoms with Gasteiger partial charge in [-0.1, -0.05) is 18.2 Å². The molecule has 1 aromatic rings. The second-order valence-electron chi connectivity index (χ2n) is 3.69. The van der Waals surface area contributed by atoms with Crippen molar-refractivity contribution in [2.45, 2.75) is 11.7 Å². The number of sulfone groups is 1. The number of hydrogen-bond donors (Lipinski definition) is 1. The monoisotopic (exact) mass is 211 g/mol. The van der Waals surface area contributed by atoms with E-state index < -0.39 is 9.84 Å². The summed E-state index contributed by atoms with van der Waals surface area (Å²) < 4.78 is 22.7. The van der Waals surface area contributed by atoms with Crippen molar-refractivity contribution in [2.24, 2.45) is 0 Å². The Bertz CT molecular complexity index is 439. The lowest BCUT2D eigenvalue weighted by Crippen LogP contribution is -2.34. The third-order valence-corrected chi connectivity index (χ3v) is 4.13. The van der Waals surface area contributed by atoms with Crippen molar-refractivity contribution in [3.63, 3.8) is 0 Å². The topological polar surface area (TPSA) is 46.2 Å². The fourth-order valence-electron chi connectivity index (χ4n) is 1.71. The Hall–Kier alpha value is -1.03. The lowest BCUT2D eigenvalue weighted by atomic mass is 10.0. The number of fused-ring (bicyclic) bond motifs is 1. The van der Waals surface area contributed by atoms with E-state index in [9.17, 15) is 8.42 Å². The molecule has 0 radical (unpaired) electrons. The van der Waals surface area contributed by atoms with Crippen LogP contribution in [0.1, 0.15) is 5.56 Å². The van der Waals surface area contributed by atoms with Crippen molar-refractivity contribution in [1.29, 1.82) is 0 Å². The second-order valence-corrected chi connectivity index (χ2v) is 6.02. The molecule has 0 saturated heterocycles. The van der Waals surface area contributed by atoms with Crippen molar-refractivity contribution >= 4 is 15.5 Å². The first-order chi connectivity index (χ1) is 6.57. The van der Waals surface area contributed by atoms with Crippen LogP contribution in [0.5, 0.6) is 0 Å². The van der Waals surface area contributed by atoms with Crippen molar-refractivity contribution < 1.29 is 8.42 Å². The summed E-state index contributed by atoms with van der Waals surface area (Å²) in [5.41, 5.74) is 2.15. The molecule has 0 unspecified atom stereocenters. The van der Waals surface area contributed by atoms with Gasteiger partial charge in [0.1, 0.15) is 0 Å². The predicted octanol–water partition coefficient (Wildman–Crippen LogP) is 1.07. The molecule has 0 spiro atoms. The lowest BCUT2D eigenvalue weighted by Gasteiger charge is -2.24. The van der Waals surface area contributed by atoms with Crippen LogP contribution in [-0.2, 0) is 16.3 Å². The molecule has 0 fully saturated rings. The van der Waals surface area contributed by atoms with Gasteiger partial charge in [-0.05, 0) is 18.1 Å². The maximum absolute atomic E-state index is 11.4. The average molecular weight is 211 g/mol. The van der Waals surface area contributed by atoms with Crippen molar-refractivity contribution in [3.05, 3.63) is 29.8 Å². The number of nitrogens with one attached hydrogen (secondary N) is 1. The molecule has 1 atom stereocenters. The van der Waals surface area contributed by atoms with Gasteiger partial charge < -0.3 is 5.32 Å². The number of hydrogen-bond acceptors (Lipinski definition) is 3. The summed E-state index contributed by atoms with van der Waals surface area (Å²) in [5.74, 6) is 0. The number of rotatable bonds is 1. The minimum atomic E-state index is -2.93. The Labute approximate surface area is 84.1 Å². The highest BCUT2D eigenvalue weighted by atomic mass is 32.2. The van der Waals surface area contributed by atoms with Gasteiger partial charge in [-0.25, -0.2) is 8.42 Å². The molecule has 3 nitrogen and oxygen atoms in total. The largest absolute Gasteiger partial charge is 0.384 e. The standard InChI is InChI=1S/C10H13NO2S/c1-14(12,13)9-6-8-4-2-3-5-10(8)11-7-9/h2-5,9,11H,6-7H2,1H3/t9-/m0/s1. The first-order valence-corrected chi connectivity index (χ1v) is 6.53. The zero-order chi connectivity index (χ0) is 10.2. The van der Waals surface area contributed by atoms with Crippen molar-refractivity contribution in [1.82, 2.24) is 0 Å². The molecular weight excluding hydrogens is 198 g/mol. The van der Waals surface area contributed by atoms with Crippen LogP contribution in [0, 0.1) is 0 Å². The normalized spacial score (nSPS) is 21.1. The minimum absolute atomic E-state index is 0.280. The molecule has 76 valence electrons. The SMILES string of the molecule is CS(=O)(=O)[C@@H]1CNc2ccccc2C1. The van der Waals surface area contributed by atoms with E-state index in [1.807, 2.05) is 24.3 Å². The molecular formula is C10H13NO2S. The summed E-state index contributed by atoms with van der Waals surface area (Å²) in [4.78, 5) is 0. The van der Waals surface area contributed by atoms with Gasteiger partial charge in [-0.15, -0.1) is 0 Å². The van der Waals surface area contributed by atoms with E-state index in [0.29, 0.717) is 13.0 Å². The molecule has 1 aromatic carbocycles. The molecule has 4 heteroatoms. The zero-order valence-corrected chi connectivity index (χ0v) is 8.84. The summed E-state index contributed by atoms with van der Waals surface area (Å²) >= 11 is 0. The fourth-order valence-corrected chi connectivity index (χ4v) is 2.58. The molecule has 0 aromatic heterocycles. The summed E-state index contributed by atoms with van der Waals surface area (Å²) in [7, 11) is -2.93. The molecule has 1 N–H and O–H groups in total. The first-order valence-electron chi connectivity index (χ1n) is 4.58. The molecule has 1 aliphatic rings. The Morgan fingerprint density at radius 2 is 2.07 bits per heavy atom. The highest BCUT2D eigenvalue weighted by molar-refractivity contribution is 7.91. The van der Waals surface area contributed by atoms with Gasteiger partial charge >= 0.3 is 0 Å². The number of benzene rings is 1. The number of para-hydroxylation sites is 1. The van der Waals surface area contributed by atoms with Crippen LogP contribution in [0.25, 0.3) is 0 Å². The van der Waals surface area contributed by atoms with E-state index in [2.05, 4.69) is 5.32 Å². The Balaban J connectivity index is 2.30. The van der Waals surface area contributed by atoms with E-state index in [1.54, 1.807) is 0 Å². The minimum Gasteiger partial charge on any atom is -0.384 e. The highest BCUT2D eigenvalue weighted by Crippen LogP contribution is 2.23. The van der Waals surface area contributed by atoms with Crippen LogP contribution >= 0.6 is 0 Å². The van der Waals surface area contributed by atoms with Crippen molar-refractivity contribution in [3.8, 4) is 0 Å². The van der Waals surface area contributed by atoms with Crippen LogP contribution < -0.4 is 5.32 Å². The third kappa shape index (κ3) is 1.75. The summed E-state index contributed by atoms with van der Waals surface area (Å²) in [6.07, 6.45) is 1.93. The van der Waals surface area contributed by atoms with Crippen LogP contribution in [0.3, 0.4) is 0 Å². The van der Waals surface area contributed by atoms with Gasteiger partial charge in [0.25, 0.3) is 0 Å². The molecule has 0 aliphatic carbocycles. The van der Waals surface area contributed by atoms with Crippen LogP contribution in [-0.4, -0.2) is 26.5 Å². The van der Waals surface area contributed by atoms with E-state index in [4.69, 9.17) is 0 Å². The lowest BCUT2D eigenvalue weighted by molar-refractivity contribution is 0.584. The Morgan fingerprint density at radius 3 is 2.79 bits per heavy atom. The molecule has 2 rings (SSSR count). The molecule has 1 heterocycles. The molecule has 14 heavy (non-hydrogen) atoms. The smallest absolute Gasteiger partial charge is 0.152 e. The summed E-state index contributed by atoms with van der Waals surface area (Å²) in [6.45, 7) is 0.524.